The van der Waals surface area contributed by atoms with E-state index in [2.05, 4.69) is 5.10 Å². The molecule has 182 valence electrons. The number of amides is 1. The van der Waals surface area contributed by atoms with Crippen molar-refractivity contribution in [1.29, 1.82) is 0 Å². The summed E-state index contributed by atoms with van der Waals surface area (Å²) in [5.74, 6) is 0.826. The molecule has 0 saturated heterocycles. The van der Waals surface area contributed by atoms with Crippen LogP contribution in [0.2, 0.25) is 0 Å². The van der Waals surface area contributed by atoms with Gasteiger partial charge >= 0.3 is 0 Å². The molecule has 0 aliphatic heterocycles. The Kier molecular flexibility index (Phi) is 6.64. The molecule has 1 aliphatic carbocycles. The minimum absolute atomic E-state index is 0.149. The summed E-state index contributed by atoms with van der Waals surface area (Å²) in [6, 6.07) is 30.8. The molecule has 0 N–H and O–H groups in total. The van der Waals surface area contributed by atoms with Crippen LogP contribution in [-0.2, 0) is 0 Å². The van der Waals surface area contributed by atoms with E-state index >= 15 is 0 Å². The normalized spacial score (nSPS) is 12.5. The van der Waals surface area contributed by atoms with Crippen molar-refractivity contribution in [2.24, 2.45) is 5.10 Å². The lowest BCUT2D eigenvalue weighted by molar-refractivity contribution is 0.0840. The Labute approximate surface area is 215 Å². The van der Waals surface area contributed by atoms with Crippen LogP contribution in [0, 0.1) is 0 Å². The van der Waals surface area contributed by atoms with Gasteiger partial charge in [-0.05, 0) is 59.7 Å². The van der Waals surface area contributed by atoms with Crippen molar-refractivity contribution in [3.05, 3.63) is 131 Å². The summed E-state index contributed by atoms with van der Waals surface area (Å²) in [4.78, 5) is 27.6. The number of fused-ring (bicyclic) bond motifs is 1. The molecule has 1 aliphatic rings. The number of carbonyl (C=O) groups excluding carboxylic acids is 2. The number of rotatable bonds is 7. The van der Waals surface area contributed by atoms with Crippen LogP contribution in [0.4, 0.5) is 0 Å². The summed E-state index contributed by atoms with van der Waals surface area (Å²) in [6.45, 7) is 0. The second-order valence-electron chi connectivity index (χ2n) is 8.33. The summed E-state index contributed by atoms with van der Waals surface area (Å²) in [7, 11) is 3.17. The zero-order chi connectivity index (χ0) is 25.8. The lowest BCUT2D eigenvalue weighted by Crippen LogP contribution is -2.25. The van der Waals surface area contributed by atoms with Crippen LogP contribution in [0.25, 0.3) is 11.3 Å². The topological polar surface area (TPSA) is 68.2 Å². The molecule has 0 atom stereocenters. The molecule has 0 aromatic heterocycles. The highest BCUT2D eigenvalue weighted by molar-refractivity contribution is 6.40. The van der Waals surface area contributed by atoms with Crippen LogP contribution in [0.15, 0.2) is 108 Å². The first kappa shape index (κ1) is 23.8. The number of carbonyl (C=O) groups is 2. The van der Waals surface area contributed by atoms with Gasteiger partial charge in [0.05, 0.1) is 31.7 Å². The molecule has 37 heavy (non-hydrogen) atoms. The van der Waals surface area contributed by atoms with Gasteiger partial charge in [-0.25, -0.2) is 0 Å². The lowest BCUT2D eigenvalue weighted by Gasteiger charge is -2.21. The Balaban J connectivity index is 1.69. The Morgan fingerprint density at radius 3 is 1.92 bits per heavy atom. The van der Waals surface area contributed by atoms with Crippen molar-refractivity contribution in [3.63, 3.8) is 0 Å². The summed E-state index contributed by atoms with van der Waals surface area (Å²) >= 11 is 0. The molecule has 0 saturated carbocycles. The van der Waals surface area contributed by atoms with E-state index in [0.717, 1.165) is 5.56 Å². The van der Waals surface area contributed by atoms with E-state index in [-0.39, 0.29) is 11.7 Å². The van der Waals surface area contributed by atoms with Crippen LogP contribution in [0.1, 0.15) is 37.4 Å². The predicted octanol–water partition coefficient (Wildman–Crippen LogP) is 5.94. The number of hydrogen-bond donors (Lipinski definition) is 0. The van der Waals surface area contributed by atoms with E-state index in [1.807, 2.05) is 72.8 Å². The zero-order valence-corrected chi connectivity index (χ0v) is 20.4. The van der Waals surface area contributed by atoms with Gasteiger partial charge in [-0.15, -0.1) is 0 Å². The third-order valence-electron chi connectivity index (χ3n) is 6.13. The second-order valence-corrected chi connectivity index (χ2v) is 8.33. The number of nitrogens with zero attached hydrogens (tertiary/aromatic N) is 2. The number of ether oxygens (including phenoxy) is 2. The third-order valence-corrected chi connectivity index (χ3v) is 6.13. The first-order valence-corrected chi connectivity index (χ1v) is 11.7. The average molecular weight is 489 g/mol. The summed E-state index contributed by atoms with van der Waals surface area (Å²) < 4.78 is 10.5. The standard InChI is InChI=1S/C31H24N2O4/c1-36-24-16-12-21(13-17-24)20-32-33(31(35)23-14-18-25(37-2)19-15-23)29-26-10-6-7-11-27(26)30(34)28(29)22-8-4-3-5-9-22/h3-20H,1-2H3/b32-20+. The SMILES string of the molecule is COc1ccc(/C=N/N(C(=O)c2ccc(OC)cc2)C2=C(c3ccccc3)C(=O)c3ccccc32)cc1. The quantitative estimate of drug-likeness (QED) is 0.238. The molecule has 4 aromatic carbocycles. The molecule has 4 aromatic rings. The number of Topliss-reactive ketones (excluding diaryl/α,β-unsaturated/α-hetero) is 1. The number of hydrogen-bond acceptors (Lipinski definition) is 5. The molecule has 0 spiro atoms. The van der Waals surface area contributed by atoms with Crippen LogP contribution in [-0.4, -0.2) is 37.1 Å². The summed E-state index contributed by atoms with van der Waals surface area (Å²) in [5, 5.41) is 5.95. The Hall–Kier alpha value is -4.97. The molecule has 5 rings (SSSR count). The van der Waals surface area contributed by atoms with Gasteiger partial charge in [-0.3, -0.25) is 9.59 Å². The maximum Gasteiger partial charge on any atom is 0.278 e. The van der Waals surface area contributed by atoms with Crippen molar-refractivity contribution in [1.82, 2.24) is 5.01 Å². The fourth-order valence-corrected chi connectivity index (χ4v) is 4.24. The number of ketones is 1. The van der Waals surface area contributed by atoms with Crippen LogP contribution >= 0.6 is 0 Å². The maximum atomic E-state index is 14.0. The minimum atomic E-state index is -0.375. The molecular weight excluding hydrogens is 464 g/mol. The van der Waals surface area contributed by atoms with Gasteiger partial charge in [0, 0.05) is 16.7 Å². The number of benzene rings is 4. The van der Waals surface area contributed by atoms with Crippen LogP contribution < -0.4 is 9.47 Å². The van der Waals surface area contributed by atoms with Crippen LogP contribution in [0.3, 0.4) is 0 Å². The zero-order valence-electron chi connectivity index (χ0n) is 20.4. The molecular formula is C31H24N2O4. The minimum Gasteiger partial charge on any atom is -0.497 e. The lowest BCUT2D eigenvalue weighted by atomic mass is 10.0. The number of allylic oxidation sites excluding steroid dienone is 1. The summed E-state index contributed by atoms with van der Waals surface area (Å²) in [6.07, 6.45) is 1.60. The van der Waals surface area contributed by atoms with E-state index in [4.69, 9.17) is 9.47 Å². The Morgan fingerprint density at radius 2 is 1.30 bits per heavy atom. The largest absolute Gasteiger partial charge is 0.497 e. The predicted molar refractivity (Wildman–Crippen MR) is 144 cm³/mol. The molecule has 6 nitrogen and oxygen atoms in total. The van der Waals surface area contributed by atoms with E-state index in [9.17, 15) is 9.59 Å². The third kappa shape index (κ3) is 4.65. The van der Waals surface area contributed by atoms with Gasteiger partial charge in [0.1, 0.15) is 11.5 Å². The van der Waals surface area contributed by atoms with E-state index < -0.39 is 0 Å². The molecule has 0 unspecified atom stereocenters. The van der Waals surface area contributed by atoms with E-state index in [0.29, 0.717) is 45.0 Å². The van der Waals surface area contributed by atoms with Crippen molar-refractivity contribution in [2.75, 3.05) is 14.2 Å². The highest BCUT2D eigenvalue weighted by Gasteiger charge is 2.36. The average Bonchev–Trinajstić information content (AvgIpc) is 3.26. The molecule has 0 heterocycles. The molecule has 1 amide bonds. The fourth-order valence-electron chi connectivity index (χ4n) is 4.24. The number of methoxy groups -OCH3 is 2. The van der Waals surface area contributed by atoms with Crippen molar-refractivity contribution in [2.45, 2.75) is 0 Å². The molecule has 0 fully saturated rings. The Morgan fingerprint density at radius 1 is 0.730 bits per heavy atom. The first-order chi connectivity index (χ1) is 18.1. The molecule has 6 heteroatoms. The fraction of sp³-hybridized carbons (Fsp3) is 0.0645. The smallest absolute Gasteiger partial charge is 0.278 e. The number of hydrazone groups is 1. The highest BCUT2D eigenvalue weighted by Crippen LogP contribution is 2.41. The van der Waals surface area contributed by atoms with Crippen molar-refractivity contribution < 1.29 is 19.1 Å². The monoisotopic (exact) mass is 488 g/mol. The maximum absolute atomic E-state index is 14.0. The Bertz CT molecular complexity index is 1510. The van der Waals surface area contributed by atoms with Gasteiger partial charge < -0.3 is 9.47 Å². The summed E-state index contributed by atoms with van der Waals surface area (Å²) in [5.41, 5.74) is 3.94. The highest BCUT2D eigenvalue weighted by atomic mass is 16.5. The van der Waals surface area contributed by atoms with Crippen molar-refractivity contribution in [3.8, 4) is 11.5 Å². The van der Waals surface area contributed by atoms with Gasteiger partial charge in [-0.1, -0.05) is 54.6 Å². The van der Waals surface area contributed by atoms with Gasteiger partial charge in [0.2, 0.25) is 0 Å². The van der Waals surface area contributed by atoms with Gasteiger partial charge in [0.15, 0.2) is 5.78 Å². The molecule has 0 radical (unpaired) electrons. The first-order valence-electron chi connectivity index (χ1n) is 11.7. The van der Waals surface area contributed by atoms with Crippen LogP contribution in [0.5, 0.6) is 11.5 Å². The van der Waals surface area contributed by atoms with E-state index in [1.165, 1.54) is 5.01 Å². The molecule has 0 bridgehead atoms. The van der Waals surface area contributed by atoms with Gasteiger partial charge in [0.25, 0.3) is 5.91 Å². The van der Waals surface area contributed by atoms with Gasteiger partial charge in [-0.2, -0.15) is 10.1 Å². The second kappa shape index (κ2) is 10.3. The van der Waals surface area contributed by atoms with E-state index in [1.54, 1.807) is 50.8 Å². The van der Waals surface area contributed by atoms with Crippen molar-refractivity contribution >= 4 is 29.2 Å².